The Kier molecular flexibility index (Phi) is 4.98. The minimum Gasteiger partial charge on any atom is -0.512 e. The first-order chi connectivity index (χ1) is 12.7. The van der Waals surface area contributed by atoms with E-state index in [0.29, 0.717) is 12.5 Å². The monoisotopic (exact) mass is 348 g/mol. The number of aryl methyl sites for hydroxylation is 2. The van der Waals surface area contributed by atoms with E-state index >= 15 is 0 Å². The molecule has 0 amide bonds. The van der Waals surface area contributed by atoms with Crippen molar-refractivity contribution in [2.75, 3.05) is 31.1 Å². The molecule has 26 heavy (non-hydrogen) atoms. The highest BCUT2D eigenvalue weighted by Gasteiger charge is 2.26. The molecule has 1 saturated heterocycles. The van der Waals surface area contributed by atoms with Crippen molar-refractivity contribution in [3.63, 3.8) is 0 Å². The number of likely N-dealkylation sites (tertiary alicyclic amines) is 1. The standard InChI is InChI=1S/C23H28N2O/c1-18(26)15-24-14-6-7-19(16-24)17-25-22-10-4-2-8-20(22)12-13-21-9-3-5-11-23(21)25/h2-5,8-11,19,26H,1,6-7,12-17H2. The summed E-state index contributed by atoms with van der Waals surface area (Å²) < 4.78 is 0. The van der Waals surface area contributed by atoms with Gasteiger partial charge in [0.15, 0.2) is 0 Å². The summed E-state index contributed by atoms with van der Waals surface area (Å²) in [6.45, 7) is 7.38. The molecule has 0 spiro atoms. The molecule has 1 fully saturated rings. The molecule has 1 unspecified atom stereocenters. The summed E-state index contributed by atoms with van der Waals surface area (Å²) in [6.07, 6.45) is 4.64. The van der Waals surface area contributed by atoms with E-state index in [-0.39, 0.29) is 5.76 Å². The van der Waals surface area contributed by atoms with Gasteiger partial charge < -0.3 is 10.0 Å². The Hall–Kier alpha value is -2.26. The van der Waals surface area contributed by atoms with Gasteiger partial charge in [-0.25, -0.2) is 0 Å². The molecule has 0 aliphatic carbocycles. The van der Waals surface area contributed by atoms with Crippen molar-refractivity contribution < 1.29 is 5.11 Å². The zero-order chi connectivity index (χ0) is 17.9. The Bertz CT molecular complexity index is 738. The van der Waals surface area contributed by atoms with Crippen LogP contribution in [0.4, 0.5) is 11.4 Å². The molecule has 4 rings (SSSR count). The summed E-state index contributed by atoms with van der Waals surface area (Å²) in [5, 5.41) is 9.56. The van der Waals surface area contributed by atoms with Crippen LogP contribution in [0, 0.1) is 5.92 Å². The van der Waals surface area contributed by atoms with E-state index in [1.807, 2.05) is 0 Å². The number of fused-ring (bicyclic) bond motifs is 2. The molecule has 2 aliphatic heterocycles. The summed E-state index contributed by atoms with van der Waals surface area (Å²) in [4.78, 5) is 4.88. The summed E-state index contributed by atoms with van der Waals surface area (Å²) in [6, 6.07) is 17.7. The summed E-state index contributed by atoms with van der Waals surface area (Å²) in [5.41, 5.74) is 5.61. The molecule has 2 heterocycles. The van der Waals surface area contributed by atoms with E-state index in [4.69, 9.17) is 0 Å². The number of hydrogen-bond acceptors (Lipinski definition) is 3. The van der Waals surface area contributed by atoms with Crippen molar-refractivity contribution in [1.29, 1.82) is 0 Å². The number of nitrogens with zero attached hydrogens (tertiary/aromatic N) is 2. The van der Waals surface area contributed by atoms with Crippen molar-refractivity contribution in [3.05, 3.63) is 72.0 Å². The molecule has 2 aromatic carbocycles. The van der Waals surface area contributed by atoms with Gasteiger partial charge in [0.25, 0.3) is 0 Å². The molecule has 3 nitrogen and oxygen atoms in total. The third kappa shape index (κ3) is 3.63. The Morgan fingerprint density at radius 3 is 2.23 bits per heavy atom. The van der Waals surface area contributed by atoms with Crippen LogP contribution in [0.15, 0.2) is 60.9 Å². The molecule has 2 aliphatic rings. The van der Waals surface area contributed by atoms with Gasteiger partial charge in [0.05, 0.1) is 12.3 Å². The smallest absolute Gasteiger partial charge is 0.0991 e. The maximum absolute atomic E-state index is 9.56. The van der Waals surface area contributed by atoms with Crippen LogP contribution in [0.1, 0.15) is 24.0 Å². The fraction of sp³-hybridized carbons (Fsp3) is 0.391. The highest BCUT2D eigenvalue weighted by atomic mass is 16.3. The number of aliphatic hydroxyl groups excluding tert-OH is 1. The van der Waals surface area contributed by atoms with Crippen LogP contribution in [0.3, 0.4) is 0 Å². The molecule has 3 heteroatoms. The van der Waals surface area contributed by atoms with Crippen molar-refractivity contribution in [2.45, 2.75) is 25.7 Å². The van der Waals surface area contributed by atoms with Crippen LogP contribution in [0.5, 0.6) is 0 Å². The maximum atomic E-state index is 9.56. The minimum absolute atomic E-state index is 0.274. The SMILES string of the molecule is C=C(O)CN1CCCC(CN2c3ccccc3CCc3ccccc32)C1. The van der Waals surface area contributed by atoms with Gasteiger partial charge >= 0.3 is 0 Å². The fourth-order valence-corrected chi connectivity index (χ4v) is 4.53. The van der Waals surface area contributed by atoms with E-state index < -0.39 is 0 Å². The van der Waals surface area contributed by atoms with E-state index in [1.165, 1.54) is 35.3 Å². The number of aliphatic hydroxyl groups is 1. The molecular formula is C23H28N2O. The van der Waals surface area contributed by atoms with Crippen molar-refractivity contribution in [1.82, 2.24) is 4.90 Å². The number of hydrogen-bond donors (Lipinski definition) is 1. The van der Waals surface area contributed by atoms with Crippen molar-refractivity contribution in [3.8, 4) is 0 Å². The molecule has 0 aromatic heterocycles. The molecular weight excluding hydrogens is 320 g/mol. The zero-order valence-electron chi connectivity index (χ0n) is 15.4. The largest absolute Gasteiger partial charge is 0.512 e. The number of rotatable bonds is 4. The second-order valence-electron chi connectivity index (χ2n) is 7.68. The average Bonchev–Trinajstić information content (AvgIpc) is 2.80. The Labute approximate surface area is 156 Å². The van der Waals surface area contributed by atoms with Gasteiger partial charge in [0.1, 0.15) is 0 Å². The van der Waals surface area contributed by atoms with Crippen LogP contribution < -0.4 is 4.90 Å². The lowest BCUT2D eigenvalue weighted by molar-refractivity contribution is 0.172. The highest BCUT2D eigenvalue weighted by Crippen LogP contribution is 2.37. The van der Waals surface area contributed by atoms with Crippen LogP contribution in [0.2, 0.25) is 0 Å². The van der Waals surface area contributed by atoms with Crippen LogP contribution >= 0.6 is 0 Å². The molecule has 0 bridgehead atoms. The first kappa shape index (κ1) is 17.2. The van der Waals surface area contributed by atoms with E-state index in [0.717, 1.165) is 32.5 Å². The van der Waals surface area contributed by atoms with Crippen LogP contribution in [-0.2, 0) is 12.8 Å². The van der Waals surface area contributed by atoms with Gasteiger partial charge in [-0.15, -0.1) is 0 Å². The summed E-state index contributed by atoms with van der Waals surface area (Å²) >= 11 is 0. The predicted octanol–water partition coefficient (Wildman–Crippen LogP) is 4.71. The van der Waals surface area contributed by atoms with Crippen molar-refractivity contribution >= 4 is 11.4 Å². The highest BCUT2D eigenvalue weighted by molar-refractivity contribution is 5.71. The molecule has 0 saturated carbocycles. The number of para-hydroxylation sites is 2. The van der Waals surface area contributed by atoms with Gasteiger partial charge in [-0.05, 0) is 61.4 Å². The lowest BCUT2D eigenvalue weighted by Crippen LogP contribution is -2.40. The summed E-state index contributed by atoms with van der Waals surface area (Å²) in [5.74, 6) is 0.874. The lowest BCUT2D eigenvalue weighted by atomic mass is 9.96. The predicted molar refractivity (Wildman–Crippen MR) is 108 cm³/mol. The second-order valence-corrected chi connectivity index (χ2v) is 7.68. The molecule has 1 atom stereocenters. The van der Waals surface area contributed by atoms with Crippen LogP contribution in [-0.4, -0.2) is 36.2 Å². The first-order valence-corrected chi connectivity index (χ1v) is 9.73. The van der Waals surface area contributed by atoms with Crippen molar-refractivity contribution in [2.24, 2.45) is 5.92 Å². The minimum atomic E-state index is 0.274. The molecule has 1 N–H and O–H groups in total. The fourth-order valence-electron chi connectivity index (χ4n) is 4.53. The van der Waals surface area contributed by atoms with Gasteiger partial charge in [-0.1, -0.05) is 43.0 Å². The number of benzene rings is 2. The third-order valence-electron chi connectivity index (χ3n) is 5.68. The van der Waals surface area contributed by atoms with E-state index in [1.54, 1.807) is 0 Å². The maximum Gasteiger partial charge on any atom is 0.0991 e. The quantitative estimate of drug-likeness (QED) is 0.811. The Morgan fingerprint density at radius 1 is 1.00 bits per heavy atom. The van der Waals surface area contributed by atoms with Crippen LogP contribution in [0.25, 0.3) is 0 Å². The molecule has 2 aromatic rings. The van der Waals surface area contributed by atoms with Gasteiger partial charge in [-0.2, -0.15) is 0 Å². The summed E-state index contributed by atoms with van der Waals surface area (Å²) in [7, 11) is 0. The Morgan fingerprint density at radius 2 is 1.62 bits per heavy atom. The zero-order valence-corrected chi connectivity index (χ0v) is 15.4. The third-order valence-corrected chi connectivity index (χ3v) is 5.68. The van der Waals surface area contributed by atoms with E-state index in [9.17, 15) is 5.11 Å². The normalized spacial score (nSPS) is 20.2. The average molecular weight is 348 g/mol. The molecule has 0 radical (unpaired) electrons. The topological polar surface area (TPSA) is 26.7 Å². The number of piperidine rings is 1. The molecule has 136 valence electrons. The van der Waals surface area contributed by atoms with Gasteiger partial charge in [0, 0.05) is 24.5 Å². The van der Waals surface area contributed by atoms with E-state index in [2.05, 4.69) is 64.9 Å². The van der Waals surface area contributed by atoms with Gasteiger partial charge in [0.2, 0.25) is 0 Å². The Balaban J connectivity index is 1.62. The number of anilines is 2. The lowest BCUT2D eigenvalue weighted by Gasteiger charge is -2.37. The second kappa shape index (κ2) is 7.55. The van der Waals surface area contributed by atoms with Gasteiger partial charge in [-0.3, -0.25) is 4.90 Å². The first-order valence-electron chi connectivity index (χ1n) is 9.73.